The standard InChI is InChI=1S/C11H16BrNO/c1-2-11(14)13-8-7-9-3-5-10(12)6-4-9/h3-6,11,13-14H,2,7-8H2,1H3. The van der Waals surface area contributed by atoms with Gasteiger partial charge >= 0.3 is 0 Å². The predicted octanol–water partition coefficient (Wildman–Crippen LogP) is 2.31. The number of nitrogens with one attached hydrogen (secondary N) is 1. The van der Waals surface area contributed by atoms with Gasteiger partial charge in [0.15, 0.2) is 0 Å². The second-order valence-corrected chi connectivity index (χ2v) is 4.17. The van der Waals surface area contributed by atoms with Crippen LogP contribution in [0, 0.1) is 0 Å². The highest BCUT2D eigenvalue weighted by Gasteiger charge is 1.98. The van der Waals surface area contributed by atoms with Gasteiger partial charge in [0.25, 0.3) is 0 Å². The van der Waals surface area contributed by atoms with Crippen LogP contribution in [0.1, 0.15) is 18.9 Å². The summed E-state index contributed by atoms with van der Waals surface area (Å²) in [6.07, 6.45) is 1.33. The molecular weight excluding hydrogens is 242 g/mol. The third-order valence-electron chi connectivity index (χ3n) is 2.09. The molecule has 0 bridgehead atoms. The van der Waals surface area contributed by atoms with Crippen molar-refractivity contribution in [2.45, 2.75) is 26.0 Å². The summed E-state index contributed by atoms with van der Waals surface area (Å²) in [5, 5.41) is 12.3. The number of benzene rings is 1. The number of aliphatic hydroxyl groups is 1. The first kappa shape index (κ1) is 11.7. The SMILES string of the molecule is CCC(O)NCCc1ccc(Br)cc1. The van der Waals surface area contributed by atoms with Crippen LogP contribution in [-0.4, -0.2) is 17.9 Å². The molecule has 0 saturated carbocycles. The van der Waals surface area contributed by atoms with Gasteiger partial charge in [0.1, 0.15) is 6.23 Å². The molecule has 0 fully saturated rings. The highest BCUT2D eigenvalue weighted by atomic mass is 79.9. The molecule has 0 radical (unpaired) electrons. The van der Waals surface area contributed by atoms with E-state index in [1.54, 1.807) is 0 Å². The van der Waals surface area contributed by atoms with Crippen molar-refractivity contribution >= 4 is 15.9 Å². The largest absolute Gasteiger partial charge is 0.379 e. The van der Waals surface area contributed by atoms with Gasteiger partial charge in [-0.3, -0.25) is 5.32 Å². The van der Waals surface area contributed by atoms with Crippen LogP contribution in [0.5, 0.6) is 0 Å². The van der Waals surface area contributed by atoms with Crippen LogP contribution in [0.3, 0.4) is 0 Å². The van der Waals surface area contributed by atoms with Gasteiger partial charge in [-0.1, -0.05) is 35.0 Å². The summed E-state index contributed by atoms with van der Waals surface area (Å²) in [5.74, 6) is 0. The molecule has 0 spiro atoms. The Balaban J connectivity index is 2.28. The molecule has 78 valence electrons. The lowest BCUT2D eigenvalue weighted by Crippen LogP contribution is -2.29. The minimum Gasteiger partial charge on any atom is -0.379 e. The molecule has 0 aliphatic heterocycles. The Morgan fingerprint density at radius 2 is 2.00 bits per heavy atom. The molecule has 2 N–H and O–H groups in total. The van der Waals surface area contributed by atoms with Gasteiger partial charge in [-0.05, 0) is 30.5 Å². The fourth-order valence-corrected chi connectivity index (χ4v) is 1.44. The average Bonchev–Trinajstić information content (AvgIpc) is 2.21. The van der Waals surface area contributed by atoms with E-state index in [4.69, 9.17) is 0 Å². The predicted molar refractivity (Wildman–Crippen MR) is 62.1 cm³/mol. The van der Waals surface area contributed by atoms with Gasteiger partial charge in [-0.25, -0.2) is 0 Å². The first-order valence-electron chi connectivity index (χ1n) is 4.88. The van der Waals surface area contributed by atoms with Gasteiger partial charge in [0.2, 0.25) is 0 Å². The van der Waals surface area contributed by atoms with E-state index in [0.717, 1.165) is 23.9 Å². The lowest BCUT2D eigenvalue weighted by molar-refractivity contribution is 0.134. The van der Waals surface area contributed by atoms with Crippen molar-refractivity contribution in [2.75, 3.05) is 6.54 Å². The molecular formula is C11H16BrNO. The third-order valence-corrected chi connectivity index (χ3v) is 2.62. The van der Waals surface area contributed by atoms with Crippen LogP contribution < -0.4 is 5.32 Å². The summed E-state index contributed by atoms with van der Waals surface area (Å²) in [4.78, 5) is 0. The summed E-state index contributed by atoms with van der Waals surface area (Å²) in [6, 6.07) is 8.24. The summed E-state index contributed by atoms with van der Waals surface area (Å²) in [6.45, 7) is 2.77. The maximum absolute atomic E-state index is 9.26. The second kappa shape index (κ2) is 6.17. The van der Waals surface area contributed by atoms with Gasteiger partial charge in [0, 0.05) is 11.0 Å². The molecule has 0 aliphatic rings. The molecule has 1 aromatic rings. The maximum Gasteiger partial charge on any atom is 0.104 e. The molecule has 0 heterocycles. The summed E-state index contributed by atoms with van der Waals surface area (Å²) in [7, 11) is 0. The van der Waals surface area contributed by atoms with Crippen molar-refractivity contribution in [3.63, 3.8) is 0 Å². The lowest BCUT2D eigenvalue weighted by Gasteiger charge is -2.09. The van der Waals surface area contributed by atoms with Crippen molar-refractivity contribution in [3.8, 4) is 0 Å². The number of hydrogen-bond acceptors (Lipinski definition) is 2. The van der Waals surface area contributed by atoms with Gasteiger partial charge in [0.05, 0.1) is 0 Å². The Hall–Kier alpha value is -0.380. The van der Waals surface area contributed by atoms with E-state index in [0.29, 0.717) is 0 Å². The van der Waals surface area contributed by atoms with Gasteiger partial charge in [-0.2, -0.15) is 0 Å². The molecule has 0 aromatic heterocycles. The van der Waals surface area contributed by atoms with Crippen molar-refractivity contribution in [1.29, 1.82) is 0 Å². The Labute approximate surface area is 93.5 Å². The monoisotopic (exact) mass is 257 g/mol. The third kappa shape index (κ3) is 4.22. The maximum atomic E-state index is 9.26. The smallest absolute Gasteiger partial charge is 0.104 e. The zero-order valence-corrected chi connectivity index (χ0v) is 9.92. The van der Waals surface area contributed by atoms with Crippen LogP contribution in [0.15, 0.2) is 28.7 Å². The van der Waals surface area contributed by atoms with Crippen molar-refractivity contribution in [2.24, 2.45) is 0 Å². The Bertz CT molecular complexity index is 260. The topological polar surface area (TPSA) is 32.3 Å². The molecule has 3 heteroatoms. The summed E-state index contributed by atoms with van der Waals surface area (Å²) < 4.78 is 1.10. The quantitative estimate of drug-likeness (QED) is 0.794. The van der Waals surface area contributed by atoms with Crippen LogP contribution >= 0.6 is 15.9 Å². The van der Waals surface area contributed by atoms with Crippen LogP contribution in [0.25, 0.3) is 0 Å². The Kier molecular flexibility index (Phi) is 5.15. The van der Waals surface area contributed by atoms with Gasteiger partial charge in [-0.15, -0.1) is 0 Å². The minimum atomic E-state index is -0.370. The van der Waals surface area contributed by atoms with E-state index in [1.807, 2.05) is 19.1 Å². The molecule has 0 aliphatic carbocycles. The van der Waals surface area contributed by atoms with E-state index in [9.17, 15) is 5.11 Å². The minimum absolute atomic E-state index is 0.370. The molecule has 1 atom stereocenters. The molecule has 1 aromatic carbocycles. The molecule has 2 nitrogen and oxygen atoms in total. The molecule has 0 amide bonds. The molecule has 1 unspecified atom stereocenters. The zero-order valence-electron chi connectivity index (χ0n) is 8.33. The highest BCUT2D eigenvalue weighted by molar-refractivity contribution is 9.10. The number of hydrogen-bond donors (Lipinski definition) is 2. The van der Waals surface area contributed by atoms with Crippen LogP contribution in [0.2, 0.25) is 0 Å². The van der Waals surface area contributed by atoms with Gasteiger partial charge < -0.3 is 5.11 Å². The van der Waals surface area contributed by atoms with Crippen molar-refractivity contribution < 1.29 is 5.11 Å². The molecule has 1 rings (SSSR count). The first-order valence-corrected chi connectivity index (χ1v) is 5.67. The van der Waals surface area contributed by atoms with E-state index >= 15 is 0 Å². The highest BCUT2D eigenvalue weighted by Crippen LogP contribution is 2.10. The van der Waals surface area contributed by atoms with Crippen molar-refractivity contribution in [3.05, 3.63) is 34.3 Å². The Morgan fingerprint density at radius 1 is 1.36 bits per heavy atom. The number of rotatable bonds is 5. The van der Waals surface area contributed by atoms with Crippen LogP contribution in [-0.2, 0) is 6.42 Å². The number of halogens is 1. The number of aliphatic hydroxyl groups excluding tert-OH is 1. The van der Waals surface area contributed by atoms with E-state index in [2.05, 4.69) is 33.4 Å². The first-order chi connectivity index (χ1) is 6.72. The Morgan fingerprint density at radius 3 is 2.57 bits per heavy atom. The summed E-state index contributed by atoms with van der Waals surface area (Å²) in [5.41, 5.74) is 1.28. The van der Waals surface area contributed by atoms with E-state index < -0.39 is 0 Å². The van der Waals surface area contributed by atoms with E-state index in [1.165, 1.54) is 5.56 Å². The van der Waals surface area contributed by atoms with Crippen molar-refractivity contribution in [1.82, 2.24) is 5.32 Å². The molecule has 0 saturated heterocycles. The zero-order chi connectivity index (χ0) is 10.4. The normalized spacial score (nSPS) is 12.8. The lowest BCUT2D eigenvalue weighted by atomic mass is 10.1. The fraction of sp³-hybridized carbons (Fsp3) is 0.455. The van der Waals surface area contributed by atoms with E-state index in [-0.39, 0.29) is 6.23 Å². The molecule has 14 heavy (non-hydrogen) atoms. The fourth-order valence-electron chi connectivity index (χ4n) is 1.18. The summed E-state index contributed by atoms with van der Waals surface area (Å²) >= 11 is 3.39. The van der Waals surface area contributed by atoms with Crippen LogP contribution in [0.4, 0.5) is 0 Å². The average molecular weight is 258 g/mol. The second-order valence-electron chi connectivity index (χ2n) is 3.25.